The number of aliphatic carboxylic acids is 1. The third-order valence-electron chi connectivity index (χ3n) is 7.55. The summed E-state index contributed by atoms with van der Waals surface area (Å²) in [5.74, 6) is -3.97. The topological polar surface area (TPSA) is 126 Å². The van der Waals surface area contributed by atoms with Gasteiger partial charge in [-0.1, -0.05) is 0 Å². The lowest BCUT2D eigenvalue weighted by molar-refractivity contribution is -0.192. The monoisotopic (exact) mass is 669 g/mol. The van der Waals surface area contributed by atoms with E-state index >= 15 is 0 Å². The fraction of sp³-hybridized carbons (Fsp3) is 0.536. The number of nitrogens with one attached hydrogen (secondary N) is 1. The molecule has 2 saturated carbocycles. The van der Waals surface area contributed by atoms with Crippen LogP contribution in [0.1, 0.15) is 71.6 Å². The first kappa shape index (κ1) is 34.4. The molecule has 45 heavy (non-hydrogen) atoms. The van der Waals surface area contributed by atoms with Gasteiger partial charge in [-0.15, -0.1) is 0 Å². The number of rotatable bonds is 9. The molecule has 17 heteroatoms. The van der Waals surface area contributed by atoms with Gasteiger partial charge in [-0.2, -0.15) is 26.3 Å². The molecule has 1 saturated heterocycles. The Morgan fingerprint density at radius 1 is 1.02 bits per heavy atom. The minimum absolute atomic E-state index is 0.00769. The molecule has 9 nitrogen and oxygen atoms in total. The molecule has 2 aliphatic carbocycles. The van der Waals surface area contributed by atoms with Gasteiger partial charge in [0.2, 0.25) is 10.0 Å². The number of alkyl halides is 6. The van der Waals surface area contributed by atoms with E-state index in [0.717, 1.165) is 25.0 Å². The third-order valence-corrected chi connectivity index (χ3v) is 9.37. The summed E-state index contributed by atoms with van der Waals surface area (Å²) in [7, 11) is -3.80. The van der Waals surface area contributed by atoms with Gasteiger partial charge in [0.15, 0.2) is 0 Å². The highest BCUT2D eigenvalue weighted by Crippen LogP contribution is 2.45. The Hall–Kier alpha value is -3.47. The first-order chi connectivity index (χ1) is 21.0. The Balaban J connectivity index is 0.000000591. The summed E-state index contributed by atoms with van der Waals surface area (Å²) >= 11 is 0. The molecule has 0 atom stereocenters. The second kappa shape index (κ2) is 13.5. The minimum Gasteiger partial charge on any atom is -0.493 e. The molecule has 248 valence electrons. The lowest BCUT2D eigenvalue weighted by atomic mass is 9.97. The smallest absolute Gasteiger partial charge is 0.490 e. The second-order valence-electron chi connectivity index (χ2n) is 11.1. The number of carbonyl (C=O) groups excluding carboxylic acids is 1. The van der Waals surface area contributed by atoms with E-state index in [2.05, 4.69) is 4.98 Å². The molecule has 0 unspecified atom stereocenters. The zero-order valence-corrected chi connectivity index (χ0v) is 24.4. The number of ether oxygens (including phenoxy) is 1. The van der Waals surface area contributed by atoms with Crippen molar-refractivity contribution < 1.29 is 58.6 Å². The van der Waals surface area contributed by atoms with Crippen molar-refractivity contribution in [3.8, 4) is 5.75 Å². The maximum atomic E-state index is 14.9. The average molecular weight is 670 g/mol. The van der Waals surface area contributed by atoms with Gasteiger partial charge < -0.3 is 9.84 Å². The zero-order valence-electron chi connectivity index (χ0n) is 23.6. The number of carbonyl (C=O) groups is 2. The van der Waals surface area contributed by atoms with E-state index in [4.69, 9.17) is 14.6 Å². The maximum Gasteiger partial charge on any atom is 0.490 e. The van der Waals surface area contributed by atoms with E-state index in [1.807, 2.05) is 9.62 Å². The number of nitrogens with zero attached hydrogens (tertiary/aromatic N) is 2. The summed E-state index contributed by atoms with van der Waals surface area (Å²) < 4.78 is 119. The number of carboxylic acid groups (broad SMARTS) is 1. The molecule has 2 aromatic rings. The second-order valence-corrected chi connectivity index (χ2v) is 13.1. The summed E-state index contributed by atoms with van der Waals surface area (Å²) in [5, 5.41) is 6.53. The highest BCUT2D eigenvalue weighted by molar-refractivity contribution is 7.91. The van der Waals surface area contributed by atoms with E-state index in [1.165, 1.54) is 18.3 Å². The lowest BCUT2D eigenvalue weighted by Crippen LogP contribution is -2.36. The standard InChI is InChI=1S/C26H29F4N3O4S.C2HF3O2/c27-22-13-24(19(17-3-4-17)12-20(22)25(34)32-38(35,36)18-5-6-18)37-15-16-7-10-33(11-8-16)14-23-21(26(28,29)30)2-1-9-31-23;3-2(4,5)1(6)7/h1-2,9,12-13,16-18H,3-8,10-11,14-15H2,(H,32,34);(H,6,7). The van der Waals surface area contributed by atoms with Crippen LogP contribution in [-0.2, 0) is 27.5 Å². The van der Waals surface area contributed by atoms with Crippen LogP contribution in [0.4, 0.5) is 30.7 Å². The summed E-state index contributed by atoms with van der Waals surface area (Å²) in [6, 6.07) is 4.87. The maximum absolute atomic E-state index is 14.9. The average Bonchev–Trinajstić information content (AvgIpc) is 3.85. The third kappa shape index (κ3) is 9.51. The number of pyridine rings is 1. The van der Waals surface area contributed by atoms with E-state index in [1.54, 1.807) is 0 Å². The molecule has 2 N–H and O–H groups in total. The molecule has 1 aromatic carbocycles. The molecule has 3 fully saturated rings. The zero-order chi connectivity index (χ0) is 33.2. The van der Waals surface area contributed by atoms with Crippen molar-refractivity contribution in [3.63, 3.8) is 0 Å². The number of halogens is 7. The first-order valence-electron chi connectivity index (χ1n) is 14.0. The number of aromatic nitrogens is 1. The summed E-state index contributed by atoms with van der Waals surface area (Å²) in [6.07, 6.45) is -4.05. The van der Waals surface area contributed by atoms with Crippen molar-refractivity contribution >= 4 is 21.9 Å². The Bertz CT molecular complexity index is 1500. The number of carboxylic acids is 1. The molecule has 3 aliphatic rings. The Morgan fingerprint density at radius 3 is 2.18 bits per heavy atom. The number of likely N-dealkylation sites (tertiary alicyclic amines) is 1. The largest absolute Gasteiger partial charge is 0.493 e. The number of sulfonamides is 1. The molecular weight excluding hydrogens is 639 g/mol. The molecule has 1 aliphatic heterocycles. The number of piperidine rings is 1. The van der Waals surface area contributed by atoms with Crippen LogP contribution in [-0.4, -0.2) is 66.4 Å². The van der Waals surface area contributed by atoms with Crippen molar-refractivity contribution in [1.82, 2.24) is 14.6 Å². The Labute approximate surface area is 253 Å². The Morgan fingerprint density at radius 2 is 1.64 bits per heavy atom. The normalized spacial score (nSPS) is 18.1. The SMILES string of the molecule is O=C(NS(=O)(=O)C1CC1)c1cc(C2CC2)c(OCC2CCN(Cc3ncccc3C(F)(F)F)CC2)cc1F.O=C(O)C(F)(F)F. The molecular formula is C28H30F7N3O6S. The van der Waals surface area contributed by atoms with Crippen molar-refractivity contribution in [2.45, 2.75) is 68.6 Å². The van der Waals surface area contributed by atoms with Gasteiger partial charge in [-0.05, 0) is 87.2 Å². The Kier molecular flexibility index (Phi) is 10.3. The van der Waals surface area contributed by atoms with Gasteiger partial charge in [0.1, 0.15) is 11.6 Å². The summed E-state index contributed by atoms with van der Waals surface area (Å²) in [6.45, 7) is 1.59. The van der Waals surface area contributed by atoms with Crippen molar-refractivity contribution in [2.24, 2.45) is 5.92 Å². The van der Waals surface area contributed by atoms with E-state index in [-0.39, 0.29) is 29.6 Å². The molecule has 5 rings (SSSR count). The predicted molar refractivity (Wildman–Crippen MR) is 144 cm³/mol. The first-order valence-corrected chi connectivity index (χ1v) is 15.6. The minimum atomic E-state index is -5.08. The van der Waals surface area contributed by atoms with E-state index < -0.39 is 50.9 Å². The van der Waals surface area contributed by atoms with E-state index in [9.17, 15) is 43.9 Å². The highest BCUT2D eigenvalue weighted by Gasteiger charge is 2.39. The quantitative estimate of drug-likeness (QED) is 0.347. The van der Waals surface area contributed by atoms with Crippen LogP contribution in [0.5, 0.6) is 5.75 Å². The fourth-order valence-electron chi connectivity index (χ4n) is 4.78. The molecule has 2 heterocycles. The van der Waals surface area contributed by atoms with Gasteiger partial charge >= 0.3 is 18.3 Å². The number of amides is 1. The predicted octanol–water partition coefficient (Wildman–Crippen LogP) is 5.26. The number of hydrogen-bond donors (Lipinski definition) is 2. The summed E-state index contributed by atoms with van der Waals surface area (Å²) in [5.41, 5.74) is -0.340. The molecule has 0 bridgehead atoms. The molecule has 1 amide bonds. The van der Waals surface area contributed by atoms with Crippen molar-refractivity contribution in [3.05, 3.63) is 58.7 Å². The molecule has 0 spiro atoms. The van der Waals surface area contributed by atoms with Gasteiger partial charge in [-0.25, -0.2) is 22.3 Å². The van der Waals surface area contributed by atoms with Crippen LogP contribution in [0.25, 0.3) is 0 Å². The van der Waals surface area contributed by atoms with Crippen LogP contribution in [0.2, 0.25) is 0 Å². The number of hydrogen-bond acceptors (Lipinski definition) is 7. The van der Waals surface area contributed by atoms with Gasteiger partial charge in [-0.3, -0.25) is 14.7 Å². The van der Waals surface area contributed by atoms with Crippen LogP contribution >= 0.6 is 0 Å². The van der Waals surface area contributed by atoms with Crippen molar-refractivity contribution in [2.75, 3.05) is 19.7 Å². The van der Waals surface area contributed by atoms with Gasteiger partial charge in [0.05, 0.1) is 28.7 Å². The molecule has 0 radical (unpaired) electrons. The highest BCUT2D eigenvalue weighted by atomic mass is 32.2. The van der Waals surface area contributed by atoms with Crippen LogP contribution in [0.15, 0.2) is 30.5 Å². The van der Waals surface area contributed by atoms with Gasteiger partial charge in [0.25, 0.3) is 5.91 Å². The number of benzene rings is 1. The van der Waals surface area contributed by atoms with Crippen LogP contribution < -0.4 is 9.46 Å². The van der Waals surface area contributed by atoms with E-state index in [0.29, 0.717) is 56.7 Å². The van der Waals surface area contributed by atoms with Gasteiger partial charge in [0, 0.05) is 18.8 Å². The van der Waals surface area contributed by atoms with Crippen molar-refractivity contribution in [1.29, 1.82) is 0 Å². The lowest BCUT2D eigenvalue weighted by Gasteiger charge is -2.32. The van der Waals surface area contributed by atoms with Crippen LogP contribution in [0, 0.1) is 11.7 Å². The fourth-order valence-corrected chi connectivity index (χ4v) is 6.07. The van der Waals surface area contributed by atoms with Crippen LogP contribution in [0.3, 0.4) is 0 Å². The molecule has 1 aromatic heterocycles. The summed E-state index contributed by atoms with van der Waals surface area (Å²) in [4.78, 5) is 27.3.